The summed E-state index contributed by atoms with van der Waals surface area (Å²) < 4.78 is 7.81. The summed E-state index contributed by atoms with van der Waals surface area (Å²) in [7, 11) is 1.18. The lowest BCUT2D eigenvalue weighted by Gasteiger charge is -2.11. The van der Waals surface area contributed by atoms with Gasteiger partial charge in [-0.3, -0.25) is 4.99 Å². The molecule has 0 fully saturated rings. The van der Waals surface area contributed by atoms with Gasteiger partial charge in [0.2, 0.25) is 0 Å². The Morgan fingerprint density at radius 2 is 2.20 bits per heavy atom. The van der Waals surface area contributed by atoms with Crippen molar-refractivity contribution in [2.45, 2.75) is 26.4 Å². The third-order valence-corrected chi connectivity index (χ3v) is 3.35. The van der Waals surface area contributed by atoms with E-state index in [9.17, 15) is 0 Å². The first-order chi connectivity index (χ1) is 9.54. The van der Waals surface area contributed by atoms with E-state index in [0.717, 1.165) is 23.6 Å². The summed E-state index contributed by atoms with van der Waals surface area (Å²) in [5.74, 6) is 0.867. The highest BCUT2D eigenvalue weighted by Crippen LogP contribution is 2.28. The van der Waals surface area contributed by atoms with Gasteiger partial charge in [-0.15, -0.1) is 0 Å². The van der Waals surface area contributed by atoms with Crippen molar-refractivity contribution in [2.75, 3.05) is 0 Å². The Balaban J connectivity index is 2.12. The number of rotatable bonds is 5. The lowest BCUT2D eigenvalue weighted by Crippen LogP contribution is -2.11. The maximum atomic E-state index is 5.88. The van der Waals surface area contributed by atoms with Crippen molar-refractivity contribution in [1.29, 1.82) is 0 Å². The number of aromatic nitrogens is 2. The third kappa shape index (κ3) is 4.06. The molecule has 2 aromatic rings. The Hall–Kier alpha value is -1.88. The Bertz CT molecular complexity index is 605. The zero-order valence-corrected chi connectivity index (χ0v) is 13.4. The third-order valence-electron chi connectivity index (χ3n) is 2.72. The van der Waals surface area contributed by atoms with Crippen LogP contribution >= 0.6 is 0 Å². The van der Waals surface area contributed by atoms with E-state index in [4.69, 9.17) is 4.43 Å². The molecular formula is C15H20N3OSi. The monoisotopic (exact) mass is 286 g/mol. The number of hydrogen-bond donors (Lipinski definition) is 0. The van der Waals surface area contributed by atoms with Crippen LogP contribution in [-0.2, 0) is 13.5 Å². The van der Waals surface area contributed by atoms with Crippen LogP contribution in [-0.4, -0.2) is 24.8 Å². The lowest BCUT2D eigenvalue weighted by molar-refractivity contribution is 0.582. The summed E-state index contributed by atoms with van der Waals surface area (Å²) in [4.78, 5) is 8.82. The second-order valence-corrected chi connectivity index (χ2v) is 7.05. The second-order valence-electron chi connectivity index (χ2n) is 5.03. The maximum Gasteiger partial charge on any atom is 0.274 e. The quantitative estimate of drug-likeness (QED) is 0.625. The van der Waals surface area contributed by atoms with Crippen molar-refractivity contribution in [2.24, 2.45) is 12.0 Å². The number of hydrogen-bond acceptors (Lipinski definition) is 3. The molecule has 0 bridgehead atoms. The van der Waals surface area contributed by atoms with Crippen LogP contribution in [0.1, 0.15) is 11.3 Å². The van der Waals surface area contributed by atoms with Crippen molar-refractivity contribution in [3.8, 4) is 5.75 Å². The van der Waals surface area contributed by atoms with Gasteiger partial charge in [-0.1, -0.05) is 6.07 Å². The molecular weight excluding hydrogens is 266 g/mol. The minimum absolute atomic E-state index is 0.726. The van der Waals surface area contributed by atoms with Gasteiger partial charge in [-0.25, -0.2) is 4.98 Å². The van der Waals surface area contributed by atoms with Gasteiger partial charge in [0.1, 0.15) is 11.4 Å². The summed E-state index contributed by atoms with van der Waals surface area (Å²) >= 11 is 0. The fourth-order valence-corrected chi connectivity index (χ4v) is 2.46. The fourth-order valence-electron chi connectivity index (χ4n) is 1.84. The molecule has 0 spiro atoms. The molecule has 0 atom stereocenters. The van der Waals surface area contributed by atoms with E-state index in [1.54, 1.807) is 6.33 Å². The van der Waals surface area contributed by atoms with E-state index in [2.05, 4.69) is 42.1 Å². The van der Waals surface area contributed by atoms with Gasteiger partial charge in [-0.2, -0.15) is 0 Å². The van der Waals surface area contributed by atoms with Crippen LogP contribution in [0.4, 0.5) is 5.69 Å². The molecule has 1 aromatic carbocycles. The predicted molar refractivity (Wildman–Crippen MR) is 84.4 cm³/mol. The van der Waals surface area contributed by atoms with Crippen LogP contribution in [0.3, 0.4) is 0 Å². The summed E-state index contributed by atoms with van der Waals surface area (Å²) in [6.45, 7) is 6.29. The molecule has 1 radical (unpaired) electrons. The lowest BCUT2D eigenvalue weighted by atomic mass is 10.2. The first kappa shape index (κ1) is 14.5. The normalized spacial score (nSPS) is 11.4. The average molecular weight is 286 g/mol. The number of nitrogens with zero attached hydrogens (tertiary/aromatic N) is 3. The Morgan fingerprint density at radius 1 is 1.40 bits per heavy atom. The number of aliphatic imine (C=N–C) groups is 1. The highest BCUT2D eigenvalue weighted by molar-refractivity contribution is 6.49. The summed E-state index contributed by atoms with van der Waals surface area (Å²) in [6, 6.07) is 6.10. The van der Waals surface area contributed by atoms with Gasteiger partial charge < -0.3 is 8.99 Å². The second kappa shape index (κ2) is 6.52. The molecule has 0 aliphatic carbocycles. The minimum atomic E-state index is -0.784. The van der Waals surface area contributed by atoms with E-state index < -0.39 is 9.04 Å². The Labute approximate surface area is 121 Å². The summed E-state index contributed by atoms with van der Waals surface area (Å²) in [5, 5.41) is 0. The Kier molecular flexibility index (Phi) is 4.73. The maximum absolute atomic E-state index is 5.88. The van der Waals surface area contributed by atoms with E-state index in [1.165, 1.54) is 5.56 Å². The predicted octanol–water partition coefficient (Wildman–Crippen LogP) is 3.30. The van der Waals surface area contributed by atoms with E-state index in [0.29, 0.717) is 0 Å². The minimum Gasteiger partial charge on any atom is -0.541 e. The number of aryl methyl sites for hydroxylation is 2. The molecule has 0 N–H and O–H groups in total. The van der Waals surface area contributed by atoms with Gasteiger partial charge in [0, 0.05) is 25.9 Å². The molecule has 0 saturated carbocycles. The van der Waals surface area contributed by atoms with Crippen LogP contribution in [0, 0.1) is 6.92 Å². The molecule has 105 valence electrons. The topological polar surface area (TPSA) is 39.4 Å². The first-order valence-corrected chi connectivity index (χ1v) is 9.03. The number of imidazole rings is 1. The van der Waals surface area contributed by atoms with Gasteiger partial charge in [0.15, 0.2) is 0 Å². The van der Waals surface area contributed by atoms with Crippen LogP contribution < -0.4 is 4.43 Å². The fraction of sp³-hybridized carbons (Fsp3) is 0.333. The highest BCUT2D eigenvalue weighted by Gasteiger charge is 2.06. The molecule has 5 heteroatoms. The smallest absolute Gasteiger partial charge is 0.274 e. The molecule has 4 nitrogen and oxygen atoms in total. The standard InChI is InChI=1S/C15H20N3OSi/c1-12-5-6-15(19-20(3)4)14(9-12)16-8-7-13-10-18(2)11-17-13/h5-6,8-11H,7H2,1-4H3. The van der Waals surface area contributed by atoms with Crippen molar-refractivity contribution in [1.82, 2.24) is 9.55 Å². The van der Waals surface area contributed by atoms with Crippen molar-refractivity contribution >= 4 is 20.9 Å². The Morgan fingerprint density at radius 3 is 2.85 bits per heavy atom. The van der Waals surface area contributed by atoms with E-state index >= 15 is 0 Å². The summed E-state index contributed by atoms with van der Waals surface area (Å²) in [5.41, 5.74) is 3.09. The van der Waals surface area contributed by atoms with E-state index in [-0.39, 0.29) is 0 Å². The molecule has 0 unspecified atom stereocenters. The van der Waals surface area contributed by atoms with Crippen molar-refractivity contribution in [3.05, 3.63) is 42.0 Å². The van der Waals surface area contributed by atoms with Gasteiger partial charge in [0.25, 0.3) is 9.04 Å². The summed E-state index contributed by atoms with van der Waals surface area (Å²) in [6.07, 6.45) is 6.41. The zero-order chi connectivity index (χ0) is 14.5. The molecule has 0 amide bonds. The number of benzene rings is 1. The van der Waals surface area contributed by atoms with Gasteiger partial charge in [-0.05, 0) is 37.7 Å². The first-order valence-electron chi connectivity index (χ1n) is 6.62. The SMILES string of the molecule is Cc1ccc(O[Si](C)C)c(N=CCc2cn(C)cn2)c1. The average Bonchev–Trinajstić information content (AvgIpc) is 2.78. The van der Waals surface area contributed by atoms with Crippen molar-refractivity contribution < 1.29 is 4.43 Å². The largest absolute Gasteiger partial charge is 0.541 e. The molecule has 2 rings (SSSR count). The molecule has 1 aromatic heterocycles. The molecule has 1 heterocycles. The molecule has 0 aliphatic heterocycles. The van der Waals surface area contributed by atoms with Crippen LogP contribution in [0.15, 0.2) is 35.7 Å². The van der Waals surface area contributed by atoms with E-state index in [1.807, 2.05) is 30.1 Å². The van der Waals surface area contributed by atoms with Gasteiger partial charge in [0.05, 0.1) is 12.0 Å². The van der Waals surface area contributed by atoms with Crippen LogP contribution in [0.5, 0.6) is 5.75 Å². The van der Waals surface area contributed by atoms with Crippen LogP contribution in [0.25, 0.3) is 0 Å². The molecule has 0 saturated heterocycles. The van der Waals surface area contributed by atoms with Gasteiger partial charge >= 0.3 is 0 Å². The molecule has 20 heavy (non-hydrogen) atoms. The van der Waals surface area contributed by atoms with Crippen LogP contribution in [0.2, 0.25) is 13.1 Å². The highest BCUT2D eigenvalue weighted by atomic mass is 28.3. The zero-order valence-electron chi connectivity index (χ0n) is 12.4. The molecule has 0 aliphatic rings. The van der Waals surface area contributed by atoms with Crippen molar-refractivity contribution in [3.63, 3.8) is 0 Å².